The van der Waals surface area contributed by atoms with E-state index in [1.165, 1.54) is 5.39 Å². The Balaban J connectivity index is 1.96. The first-order valence-electron chi connectivity index (χ1n) is 9.21. The van der Waals surface area contributed by atoms with E-state index in [1.807, 2.05) is 24.3 Å². The Morgan fingerprint density at radius 3 is 2.38 bits per heavy atom. The predicted octanol–water partition coefficient (Wildman–Crippen LogP) is 6.73. The maximum Gasteiger partial charge on any atom is 0.143 e. The molecule has 4 aromatic carbocycles. The summed E-state index contributed by atoms with van der Waals surface area (Å²) in [6, 6.07) is 23.0. The average molecular weight is 340 g/mol. The van der Waals surface area contributed by atoms with Crippen molar-refractivity contribution in [3.63, 3.8) is 0 Å². The summed E-state index contributed by atoms with van der Waals surface area (Å²) in [5.74, 6) is 0. The second-order valence-electron chi connectivity index (χ2n) is 6.95. The molecule has 0 aliphatic heterocycles. The molecule has 0 radical (unpaired) electrons. The molecule has 0 saturated heterocycles. The summed E-state index contributed by atoms with van der Waals surface area (Å²) in [5, 5.41) is 17.5. The first-order chi connectivity index (χ1) is 12.8. The van der Waals surface area contributed by atoms with Crippen LogP contribution < -0.4 is 0 Å². The van der Waals surface area contributed by atoms with Crippen LogP contribution in [0.5, 0.6) is 0 Å². The lowest BCUT2D eigenvalue weighted by Gasteiger charge is -2.13. The molecule has 0 fully saturated rings. The zero-order chi connectivity index (χ0) is 17.7. The lowest BCUT2D eigenvalue weighted by molar-refractivity contribution is 0.168. The number of aliphatic hydroxyl groups is 1. The summed E-state index contributed by atoms with van der Waals surface area (Å²) in [7, 11) is 0. The van der Waals surface area contributed by atoms with Gasteiger partial charge in [0.25, 0.3) is 0 Å². The highest BCUT2D eigenvalue weighted by atomic mass is 16.3. The lowest BCUT2D eigenvalue weighted by Crippen LogP contribution is -1.98. The van der Waals surface area contributed by atoms with E-state index in [-0.39, 0.29) is 0 Å². The Hall–Kier alpha value is -2.84. The van der Waals surface area contributed by atoms with Gasteiger partial charge in [0, 0.05) is 16.2 Å². The summed E-state index contributed by atoms with van der Waals surface area (Å²) in [6.07, 6.45) is 1.22. The van der Waals surface area contributed by atoms with Gasteiger partial charge in [-0.25, -0.2) is 0 Å². The second-order valence-corrected chi connectivity index (χ2v) is 6.95. The van der Waals surface area contributed by atoms with Gasteiger partial charge in [0.2, 0.25) is 0 Å². The fourth-order valence-electron chi connectivity index (χ4n) is 4.10. The van der Waals surface area contributed by atoms with Gasteiger partial charge in [0.1, 0.15) is 11.2 Å². The summed E-state index contributed by atoms with van der Waals surface area (Å²) in [6.45, 7) is 2.09. The van der Waals surface area contributed by atoms with Crippen molar-refractivity contribution in [2.45, 2.75) is 25.9 Å². The molecule has 0 spiro atoms. The molecule has 128 valence electrons. The average Bonchev–Trinajstić information content (AvgIpc) is 3.07. The largest absolute Gasteiger partial charge is 0.455 e. The van der Waals surface area contributed by atoms with Crippen molar-refractivity contribution in [1.82, 2.24) is 0 Å². The molecule has 0 bridgehead atoms. The van der Waals surface area contributed by atoms with Gasteiger partial charge in [-0.3, -0.25) is 0 Å². The van der Waals surface area contributed by atoms with Crippen molar-refractivity contribution in [3.05, 3.63) is 72.3 Å². The quantitative estimate of drug-likeness (QED) is 0.395. The van der Waals surface area contributed by atoms with E-state index in [1.54, 1.807) is 0 Å². The van der Waals surface area contributed by atoms with Gasteiger partial charge in [0.05, 0.1) is 6.10 Å². The maximum absolute atomic E-state index is 10.7. The standard InChI is InChI=1S/C24H20O2/c1-2-7-21(25)20-14-22-23(18-11-6-5-10-17(18)20)19-13-12-15-8-3-4-9-16(15)24(19)26-22/h3-6,8-14,21,25H,2,7H2,1H3. The molecule has 1 heterocycles. The first kappa shape index (κ1) is 15.4. The highest BCUT2D eigenvalue weighted by Gasteiger charge is 2.18. The van der Waals surface area contributed by atoms with Crippen molar-refractivity contribution in [3.8, 4) is 0 Å². The molecule has 0 aliphatic rings. The van der Waals surface area contributed by atoms with Crippen molar-refractivity contribution in [2.75, 3.05) is 0 Å². The molecule has 0 aliphatic carbocycles. The molecule has 2 nitrogen and oxygen atoms in total. The van der Waals surface area contributed by atoms with Gasteiger partial charge in [-0.1, -0.05) is 67.9 Å². The van der Waals surface area contributed by atoms with Crippen LogP contribution >= 0.6 is 0 Å². The van der Waals surface area contributed by atoms with Gasteiger partial charge in [0.15, 0.2) is 0 Å². The molecule has 1 N–H and O–H groups in total. The Morgan fingerprint density at radius 1 is 0.846 bits per heavy atom. The normalized spacial score (nSPS) is 13.2. The van der Waals surface area contributed by atoms with Gasteiger partial charge >= 0.3 is 0 Å². The number of rotatable bonds is 3. The van der Waals surface area contributed by atoms with E-state index in [0.29, 0.717) is 0 Å². The molecule has 2 heteroatoms. The number of benzene rings is 4. The third kappa shape index (κ3) is 2.16. The minimum absolute atomic E-state index is 0.473. The topological polar surface area (TPSA) is 33.4 Å². The fourth-order valence-corrected chi connectivity index (χ4v) is 4.10. The number of aliphatic hydroxyl groups excluding tert-OH is 1. The van der Waals surface area contributed by atoms with Gasteiger partial charge < -0.3 is 9.52 Å². The third-order valence-corrected chi connectivity index (χ3v) is 5.32. The lowest BCUT2D eigenvalue weighted by atomic mass is 9.94. The molecule has 0 saturated carbocycles. The highest BCUT2D eigenvalue weighted by molar-refractivity contribution is 6.23. The monoisotopic (exact) mass is 340 g/mol. The van der Waals surface area contributed by atoms with Crippen LogP contribution in [0.15, 0.2) is 71.1 Å². The van der Waals surface area contributed by atoms with Crippen molar-refractivity contribution in [1.29, 1.82) is 0 Å². The Kier molecular flexibility index (Phi) is 3.47. The molecule has 0 amide bonds. The van der Waals surface area contributed by atoms with Crippen molar-refractivity contribution >= 4 is 43.5 Å². The van der Waals surface area contributed by atoms with Crippen LogP contribution in [0.25, 0.3) is 43.5 Å². The van der Waals surface area contributed by atoms with Gasteiger partial charge in [-0.2, -0.15) is 0 Å². The van der Waals surface area contributed by atoms with Crippen LogP contribution in [0.4, 0.5) is 0 Å². The number of fused-ring (bicyclic) bond motifs is 7. The Labute approximate surface area is 151 Å². The van der Waals surface area contributed by atoms with Crippen LogP contribution in [0.2, 0.25) is 0 Å². The molecule has 26 heavy (non-hydrogen) atoms. The highest BCUT2D eigenvalue weighted by Crippen LogP contribution is 2.40. The summed E-state index contributed by atoms with van der Waals surface area (Å²) in [5.41, 5.74) is 2.73. The predicted molar refractivity (Wildman–Crippen MR) is 109 cm³/mol. The molecular weight excluding hydrogens is 320 g/mol. The molecule has 5 aromatic rings. The SMILES string of the molecule is CCCC(O)c1cc2oc3c4ccccc4ccc3c2c2ccccc12. The van der Waals surface area contributed by atoms with E-state index in [4.69, 9.17) is 4.42 Å². The molecule has 1 atom stereocenters. The number of furan rings is 1. The smallest absolute Gasteiger partial charge is 0.143 e. The summed E-state index contributed by atoms with van der Waals surface area (Å²) < 4.78 is 6.33. The van der Waals surface area contributed by atoms with Crippen molar-refractivity contribution in [2.24, 2.45) is 0 Å². The van der Waals surface area contributed by atoms with Crippen LogP contribution in [0.3, 0.4) is 0 Å². The van der Waals surface area contributed by atoms with Crippen LogP contribution in [0.1, 0.15) is 31.4 Å². The summed E-state index contributed by atoms with van der Waals surface area (Å²) in [4.78, 5) is 0. The minimum Gasteiger partial charge on any atom is -0.455 e. The van der Waals surface area contributed by atoms with Crippen molar-refractivity contribution < 1.29 is 9.52 Å². The van der Waals surface area contributed by atoms with E-state index >= 15 is 0 Å². The molecule has 1 aromatic heterocycles. The fraction of sp³-hybridized carbons (Fsp3) is 0.167. The van der Waals surface area contributed by atoms with Gasteiger partial charge in [-0.15, -0.1) is 0 Å². The Bertz CT molecular complexity index is 1260. The molecule has 1 unspecified atom stereocenters. The first-order valence-corrected chi connectivity index (χ1v) is 9.21. The van der Waals surface area contributed by atoms with Gasteiger partial charge in [-0.05, 0) is 40.3 Å². The number of hydrogen-bond donors (Lipinski definition) is 1. The minimum atomic E-state index is -0.473. The zero-order valence-corrected chi connectivity index (χ0v) is 14.7. The maximum atomic E-state index is 10.7. The summed E-state index contributed by atoms with van der Waals surface area (Å²) >= 11 is 0. The van der Waals surface area contributed by atoms with E-state index in [9.17, 15) is 5.11 Å². The second kappa shape index (κ2) is 5.86. The Morgan fingerprint density at radius 2 is 1.58 bits per heavy atom. The number of hydrogen-bond acceptors (Lipinski definition) is 2. The molecule has 5 rings (SSSR count). The van der Waals surface area contributed by atoms with E-state index in [2.05, 4.69) is 49.4 Å². The van der Waals surface area contributed by atoms with E-state index in [0.717, 1.165) is 56.5 Å². The van der Waals surface area contributed by atoms with Crippen LogP contribution in [0, 0.1) is 0 Å². The zero-order valence-electron chi connectivity index (χ0n) is 14.7. The third-order valence-electron chi connectivity index (χ3n) is 5.32. The van der Waals surface area contributed by atoms with Crippen LogP contribution in [-0.2, 0) is 0 Å². The van der Waals surface area contributed by atoms with E-state index < -0.39 is 6.10 Å². The molecular formula is C24H20O2. The van der Waals surface area contributed by atoms with Crippen LogP contribution in [-0.4, -0.2) is 5.11 Å².